The molecule has 2 aromatic carbocycles. The van der Waals surface area contributed by atoms with E-state index in [9.17, 15) is 18.0 Å². The number of amides is 2. The van der Waals surface area contributed by atoms with Crippen molar-refractivity contribution in [2.24, 2.45) is 5.92 Å². The van der Waals surface area contributed by atoms with Gasteiger partial charge in [-0.3, -0.25) is 9.59 Å². The van der Waals surface area contributed by atoms with Crippen LogP contribution in [0.1, 0.15) is 6.42 Å². The standard InChI is InChI=1S/C21H22ClN3O5S/c22-16-2-1-3-18(13-16)25-14-15(12-20(25)26)21(27)23-17-4-6-19(7-5-17)31(28,29)24-8-10-30-11-9-24/h1-7,13,15H,8-12,14H2,(H,23,27). The molecule has 8 nitrogen and oxygen atoms in total. The Kier molecular flexibility index (Phi) is 6.29. The van der Waals surface area contributed by atoms with Gasteiger partial charge in [0.15, 0.2) is 0 Å². The molecule has 2 saturated heterocycles. The lowest BCUT2D eigenvalue weighted by atomic mass is 10.1. The Hall–Kier alpha value is -2.46. The van der Waals surface area contributed by atoms with E-state index in [-0.39, 0.29) is 29.7 Å². The van der Waals surface area contributed by atoms with Crippen molar-refractivity contribution in [3.63, 3.8) is 0 Å². The van der Waals surface area contributed by atoms with Gasteiger partial charge in [0.05, 0.1) is 24.0 Å². The van der Waals surface area contributed by atoms with Crippen molar-refractivity contribution in [3.05, 3.63) is 53.6 Å². The van der Waals surface area contributed by atoms with Crippen molar-refractivity contribution in [2.45, 2.75) is 11.3 Å². The van der Waals surface area contributed by atoms with Crippen molar-refractivity contribution in [1.82, 2.24) is 4.31 Å². The second-order valence-corrected chi connectivity index (χ2v) is 9.79. The van der Waals surface area contributed by atoms with E-state index in [1.54, 1.807) is 41.3 Å². The van der Waals surface area contributed by atoms with Crippen LogP contribution in [0.4, 0.5) is 11.4 Å². The summed E-state index contributed by atoms with van der Waals surface area (Å²) in [5.74, 6) is -0.945. The quantitative estimate of drug-likeness (QED) is 0.734. The summed E-state index contributed by atoms with van der Waals surface area (Å²) in [5, 5.41) is 3.29. The van der Waals surface area contributed by atoms with Crippen LogP contribution in [-0.4, -0.2) is 57.4 Å². The summed E-state index contributed by atoms with van der Waals surface area (Å²) >= 11 is 6.00. The van der Waals surface area contributed by atoms with Crippen LogP contribution < -0.4 is 10.2 Å². The number of halogens is 1. The van der Waals surface area contributed by atoms with E-state index in [4.69, 9.17) is 16.3 Å². The normalized spacial score (nSPS) is 20.1. The van der Waals surface area contributed by atoms with E-state index in [0.717, 1.165) is 0 Å². The first-order valence-electron chi connectivity index (χ1n) is 9.89. The highest BCUT2D eigenvalue weighted by atomic mass is 35.5. The van der Waals surface area contributed by atoms with Gasteiger partial charge in [-0.05, 0) is 42.5 Å². The maximum atomic E-state index is 12.7. The molecular weight excluding hydrogens is 442 g/mol. The number of ether oxygens (including phenoxy) is 1. The average Bonchev–Trinajstić information content (AvgIpc) is 3.16. The van der Waals surface area contributed by atoms with Crippen LogP contribution in [0, 0.1) is 5.92 Å². The van der Waals surface area contributed by atoms with Gasteiger partial charge in [0.25, 0.3) is 0 Å². The smallest absolute Gasteiger partial charge is 0.243 e. The maximum Gasteiger partial charge on any atom is 0.243 e. The molecule has 164 valence electrons. The topological polar surface area (TPSA) is 96.0 Å². The van der Waals surface area contributed by atoms with Crippen LogP contribution in [0.2, 0.25) is 5.02 Å². The Labute approximate surface area is 185 Å². The highest BCUT2D eigenvalue weighted by molar-refractivity contribution is 7.89. The van der Waals surface area contributed by atoms with Crippen LogP contribution in [0.15, 0.2) is 53.4 Å². The molecule has 2 aliphatic rings. The summed E-state index contributed by atoms with van der Waals surface area (Å²) in [4.78, 5) is 26.8. The molecule has 1 N–H and O–H groups in total. The average molecular weight is 464 g/mol. The van der Waals surface area contributed by atoms with Gasteiger partial charge in [-0.15, -0.1) is 0 Å². The molecule has 0 aromatic heterocycles. The summed E-state index contributed by atoms with van der Waals surface area (Å²) in [7, 11) is -3.59. The molecule has 1 atom stereocenters. The number of rotatable bonds is 5. The van der Waals surface area contributed by atoms with Crippen molar-refractivity contribution in [3.8, 4) is 0 Å². The fraction of sp³-hybridized carbons (Fsp3) is 0.333. The van der Waals surface area contributed by atoms with E-state index in [2.05, 4.69) is 5.32 Å². The molecule has 4 rings (SSSR count). The van der Waals surface area contributed by atoms with E-state index in [0.29, 0.717) is 42.7 Å². The minimum absolute atomic E-state index is 0.0990. The fourth-order valence-corrected chi connectivity index (χ4v) is 5.26. The first kappa shape index (κ1) is 21.8. The molecule has 1 unspecified atom stereocenters. The number of nitrogens with one attached hydrogen (secondary N) is 1. The molecular formula is C21H22ClN3O5S. The van der Waals surface area contributed by atoms with Crippen LogP contribution in [0.5, 0.6) is 0 Å². The number of hydrogen-bond acceptors (Lipinski definition) is 5. The van der Waals surface area contributed by atoms with Gasteiger partial charge in [-0.25, -0.2) is 8.42 Å². The van der Waals surface area contributed by atoms with Crippen LogP contribution in [-0.2, 0) is 24.3 Å². The number of carbonyl (C=O) groups is 2. The van der Waals surface area contributed by atoms with E-state index >= 15 is 0 Å². The van der Waals surface area contributed by atoms with Gasteiger partial charge in [-0.1, -0.05) is 17.7 Å². The lowest BCUT2D eigenvalue weighted by Gasteiger charge is -2.26. The predicted octanol–water partition coefficient (Wildman–Crippen LogP) is 2.35. The van der Waals surface area contributed by atoms with Gasteiger partial charge in [0.2, 0.25) is 21.8 Å². The van der Waals surface area contributed by atoms with E-state index in [1.165, 1.54) is 16.4 Å². The Morgan fingerprint density at radius 2 is 1.81 bits per heavy atom. The second-order valence-electron chi connectivity index (χ2n) is 7.42. The lowest BCUT2D eigenvalue weighted by Crippen LogP contribution is -2.40. The molecule has 2 aliphatic heterocycles. The van der Waals surface area contributed by atoms with Crippen LogP contribution in [0.25, 0.3) is 0 Å². The summed E-state index contributed by atoms with van der Waals surface area (Å²) in [6, 6.07) is 13.0. The molecule has 0 aliphatic carbocycles. The predicted molar refractivity (Wildman–Crippen MR) is 117 cm³/mol. The van der Waals surface area contributed by atoms with Gasteiger partial charge in [0.1, 0.15) is 0 Å². The summed E-state index contributed by atoms with van der Waals surface area (Å²) in [5.41, 5.74) is 1.13. The maximum absolute atomic E-state index is 12.7. The van der Waals surface area contributed by atoms with Crippen molar-refractivity contribution >= 4 is 44.8 Å². The third kappa shape index (κ3) is 4.74. The number of anilines is 2. The van der Waals surface area contributed by atoms with Crippen molar-refractivity contribution < 1.29 is 22.7 Å². The Morgan fingerprint density at radius 3 is 2.48 bits per heavy atom. The molecule has 2 heterocycles. The number of benzene rings is 2. The number of hydrogen-bond donors (Lipinski definition) is 1. The lowest BCUT2D eigenvalue weighted by molar-refractivity contribution is -0.122. The first-order chi connectivity index (χ1) is 14.8. The Bertz CT molecular complexity index is 1080. The summed E-state index contributed by atoms with van der Waals surface area (Å²) < 4.78 is 32.0. The highest BCUT2D eigenvalue weighted by Gasteiger charge is 2.35. The van der Waals surface area contributed by atoms with Gasteiger partial charge in [0, 0.05) is 42.5 Å². The molecule has 0 bridgehead atoms. The van der Waals surface area contributed by atoms with E-state index in [1.807, 2.05) is 0 Å². The Balaban J connectivity index is 1.40. The van der Waals surface area contributed by atoms with Gasteiger partial charge in [-0.2, -0.15) is 4.31 Å². The largest absolute Gasteiger partial charge is 0.379 e. The molecule has 0 saturated carbocycles. The number of morpholine rings is 1. The van der Waals surface area contributed by atoms with E-state index < -0.39 is 15.9 Å². The number of sulfonamides is 1. The minimum Gasteiger partial charge on any atom is -0.379 e. The molecule has 0 radical (unpaired) electrons. The monoisotopic (exact) mass is 463 g/mol. The molecule has 2 fully saturated rings. The van der Waals surface area contributed by atoms with Crippen molar-refractivity contribution in [1.29, 1.82) is 0 Å². The molecule has 2 aromatic rings. The third-order valence-corrected chi connectivity index (χ3v) is 7.49. The number of carbonyl (C=O) groups excluding carboxylic acids is 2. The zero-order valence-electron chi connectivity index (χ0n) is 16.7. The first-order valence-corrected chi connectivity index (χ1v) is 11.7. The Morgan fingerprint density at radius 1 is 1.10 bits per heavy atom. The highest BCUT2D eigenvalue weighted by Crippen LogP contribution is 2.28. The zero-order valence-corrected chi connectivity index (χ0v) is 18.2. The number of nitrogens with zero attached hydrogens (tertiary/aromatic N) is 2. The molecule has 31 heavy (non-hydrogen) atoms. The third-order valence-electron chi connectivity index (χ3n) is 5.35. The minimum atomic E-state index is -3.59. The summed E-state index contributed by atoms with van der Waals surface area (Å²) in [6.45, 7) is 1.65. The summed E-state index contributed by atoms with van der Waals surface area (Å²) in [6.07, 6.45) is 0.0990. The fourth-order valence-electron chi connectivity index (χ4n) is 3.67. The zero-order chi connectivity index (χ0) is 22.0. The van der Waals surface area contributed by atoms with Gasteiger partial charge < -0.3 is 15.0 Å². The molecule has 10 heteroatoms. The molecule has 0 spiro atoms. The van der Waals surface area contributed by atoms with Crippen LogP contribution in [0.3, 0.4) is 0 Å². The second kappa shape index (κ2) is 8.96. The van der Waals surface area contributed by atoms with Crippen molar-refractivity contribution in [2.75, 3.05) is 43.1 Å². The van der Waals surface area contributed by atoms with Gasteiger partial charge >= 0.3 is 0 Å². The van der Waals surface area contributed by atoms with Crippen LogP contribution >= 0.6 is 11.6 Å². The SMILES string of the molecule is O=C(Nc1ccc(S(=O)(=O)N2CCOCC2)cc1)C1CC(=O)N(c2cccc(Cl)c2)C1. The molecule has 2 amide bonds.